The smallest absolute Gasteiger partial charge is 0.430 e. The van der Waals surface area contributed by atoms with Gasteiger partial charge in [0, 0.05) is 11.1 Å². The van der Waals surface area contributed by atoms with E-state index < -0.39 is 58.4 Å². The molecule has 0 spiro atoms. The molecular weight excluding hydrogens is 379 g/mol. The van der Waals surface area contributed by atoms with Crippen molar-refractivity contribution in [1.29, 1.82) is 0 Å². The lowest BCUT2D eigenvalue weighted by atomic mass is 9.85. The maximum absolute atomic E-state index is 12.8. The molecule has 0 aliphatic rings. The van der Waals surface area contributed by atoms with Gasteiger partial charge in [-0.2, -0.15) is 39.5 Å². The molecule has 0 bridgehead atoms. The third-order valence-corrected chi connectivity index (χ3v) is 3.38. The van der Waals surface area contributed by atoms with Crippen molar-refractivity contribution >= 4 is 0 Å². The van der Waals surface area contributed by atoms with Crippen LogP contribution in [0.2, 0.25) is 0 Å². The van der Waals surface area contributed by atoms with Crippen LogP contribution in [-0.4, -0.2) is 39.0 Å². The van der Waals surface area contributed by atoms with Gasteiger partial charge in [-0.05, 0) is 19.1 Å². The standard InChI is InChI=1S/C12H9F9O4/c1-8(24,10(13,14)15)5-2-4(22)3-6(7(5)23)9(25,11(16,17)18)12(19,20)21/h2-3,22-25H,1H3. The van der Waals surface area contributed by atoms with Crippen LogP contribution in [0.5, 0.6) is 11.5 Å². The van der Waals surface area contributed by atoms with Gasteiger partial charge in [-0.3, -0.25) is 0 Å². The predicted molar refractivity (Wildman–Crippen MR) is 61.4 cm³/mol. The minimum absolute atomic E-state index is 0.0779. The Kier molecular flexibility index (Phi) is 4.70. The quantitative estimate of drug-likeness (QED) is 0.464. The maximum Gasteiger partial charge on any atom is 0.430 e. The lowest BCUT2D eigenvalue weighted by Crippen LogP contribution is -2.54. The summed E-state index contributed by atoms with van der Waals surface area (Å²) in [6, 6.07) is -0.494. The lowest BCUT2D eigenvalue weighted by molar-refractivity contribution is -0.376. The number of hydrogen-bond acceptors (Lipinski definition) is 4. The Morgan fingerprint density at radius 2 is 1.04 bits per heavy atom. The van der Waals surface area contributed by atoms with E-state index in [2.05, 4.69) is 0 Å². The van der Waals surface area contributed by atoms with E-state index in [0.717, 1.165) is 0 Å². The molecule has 1 atom stereocenters. The average molecular weight is 388 g/mol. The van der Waals surface area contributed by atoms with Crippen LogP contribution in [0.3, 0.4) is 0 Å². The Morgan fingerprint density at radius 3 is 1.36 bits per heavy atom. The molecule has 0 saturated carbocycles. The van der Waals surface area contributed by atoms with Gasteiger partial charge in [0.15, 0.2) is 5.60 Å². The van der Waals surface area contributed by atoms with E-state index in [0.29, 0.717) is 0 Å². The van der Waals surface area contributed by atoms with Gasteiger partial charge >= 0.3 is 18.5 Å². The van der Waals surface area contributed by atoms with Crippen molar-refractivity contribution in [2.45, 2.75) is 36.7 Å². The minimum atomic E-state index is -6.53. The third kappa shape index (κ3) is 3.17. The van der Waals surface area contributed by atoms with Gasteiger partial charge in [-0.25, -0.2) is 0 Å². The number of halogens is 9. The zero-order valence-electron chi connectivity index (χ0n) is 11.8. The first kappa shape index (κ1) is 21.2. The van der Waals surface area contributed by atoms with Crippen LogP contribution < -0.4 is 0 Å². The molecule has 0 fully saturated rings. The highest BCUT2D eigenvalue weighted by molar-refractivity contribution is 5.52. The fourth-order valence-electron chi connectivity index (χ4n) is 1.88. The molecule has 0 aliphatic heterocycles. The number of alkyl halides is 9. The van der Waals surface area contributed by atoms with Crippen LogP contribution >= 0.6 is 0 Å². The van der Waals surface area contributed by atoms with Crippen molar-refractivity contribution in [1.82, 2.24) is 0 Å². The van der Waals surface area contributed by atoms with Crippen molar-refractivity contribution < 1.29 is 59.9 Å². The largest absolute Gasteiger partial charge is 0.508 e. The second kappa shape index (κ2) is 5.56. The van der Waals surface area contributed by atoms with Crippen LogP contribution in [0, 0.1) is 0 Å². The number of hydrogen-bond donors (Lipinski definition) is 4. The molecule has 0 aromatic heterocycles. The highest BCUT2D eigenvalue weighted by Crippen LogP contribution is 2.55. The fraction of sp³-hybridized carbons (Fsp3) is 0.500. The second-order valence-corrected chi connectivity index (χ2v) is 5.17. The highest BCUT2D eigenvalue weighted by Gasteiger charge is 2.72. The summed E-state index contributed by atoms with van der Waals surface area (Å²) in [5, 5.41) is 37.3. The molecule has 144 valence electrons. The number of phenolic OH excluding ortho intramolecular Hbond substituents is 2. The normalized spacial score (nSPS) is 16.6. The number of phenols is 2. The van der Waals surface area contributed by atoms with E-state index in [-0.39, 0.29) is 13.0 Å². The van der Waals surface area contributed by atoms with Crippen molar-refractivity contribution in [3.8, 4) is 11.5 Å². The summed E-state index contributed by atoms with van der Waals surface area (Å²) in [7, 11) is 0. The van der Waals surface area contributed by atoms with E-state index in [9.17, 15) is 54.8 Å². The SMILES string of the molecule is CC(O)(c1cc(O)cc(C(O)(C(F)(F)F)C(F)(F)F)c1O)C(F)(F)F. The molecule has 0 radical (unpaired) electrons. The van der Waals surface area contributed by atoms with Gasteiger partial charge in [0.25, 0.3) is 5.60 Å². The Bertz CT molecular complexity index is 644. The van der Waals surface area contributed by atoms with Crippen molar-refractivity contribution in [2.75, 3.05) is 0 Å². The van der Waals surface area contributed by atoms with Gasteiger partial charge < -0.3 is 20.4 Å². The molecule has 0 saturated heterocycles. The molecule has 1 rings (SSSR count). The first-order chi connectivity index (χ1) is 10.8. The van der Waals surface area contributed by atoms with Crippen molar-refractivity contribution in [2.24, 2.45) is 0 Å². The van der Waals surface area contributed by atoms with Gasteiger partial charge in [0.05, 0.1) is 0 Å². The maximum atomic E-state index is 12.8. The molecule has 1 aromatic carbocycles. The lowest BCUT2D eigenvalue weighted by Gasteiger charge is -2.35. The summed E-state index contributed by atoms with van der Waals surface area (Å²) in [6.07, 6.45) is -18.7. The highest BCUT2D eigenvalue weighted by atomic mass is 19.4. The molecule has 0 heterocycles. The van der Waals surface area contributed by atoms with Crippen LogP contribution in [0.25, 0.3) is 0 Å². The number of rotatable bonds is 2. The van der Waals surface area contributed by atoms with Gasteiger partial charge in [0.1, 0.15) is 11.5 Å². The number of aliphatic hydroxyl groups is 2. The van der Waals surface area contributed by atoms with Crippen LogP contribution in [0.4, 0.5) is 39.5 Å². The van der Waals surface area contributed by atoms with Crippen LogP contribution in [-0.2, 0) is 11.2 Å². The molecule has 4 N–H and O–H groups in total. The summed E-state index contributed by atoms with van der Waals surface area (Å²) in [5.41, 5.74) is -14.4. The third-order valence-electron chi connectivity index (χ3n) is 3.38. The summed E-state index contributed by atoms with van der Waals surface area (Å²) < 4.78 is 115. The summed E-state index contributed by atoms with van der Waals surface area (Å²) >= 11 is 0. The van der Waals surface area contributed by atoms with E-state index in [1.165, 1.54) is 0 Å². The molecule has 13 heteroatoms. The Labute approximate surface area is 132 Å². The van der Waals surface area contributed by atoms with Crippen LogP contribution in [0.1, 0.15) is 18.1 Å². The minimum Gasteiger partial charge on any atom is -0.508 e. The summed E-state index contributed by atoms with van der Waals surface area (Å²) in [5.74, 6) is -3.93. The molecule has 25 heavy (non-hydrogen) atoms. The van der Waals surface area contributed by atoms with E-state index in [4.69, 9.17) is 5.11 Å². The molecule has 0 aliphatic carbocycles. The first-order valence-electron chi connectivity index (χ1n) is 6.00. The molecular formula is C12H9F9O4. The predicted octanol–water partition coefficient (Wildman–Crippen LogP) is 3.18. The average Bonchev–Trinajstić information content (AvgIpc) is 2.35. The Hall–Kier alpha value is -1.89. The summed E-state index contributed by atoms with van der Waals surface area (Å²) in [6.45, 7) is -0.0779. The zero-order valence-corrected chi connectivity index (χ0v) is 11.8. The topological polar surface area (TPSA) is 80.9 Å². The molecule has 0 amide bonds. The Morgan fingerprint density at radius 1 is 0.680 bits per heavy atom. The first-order valence-corrected chi connectivity index (χ1v) is 6.00. The van der Waals surface area contributed by atoms with Gasteiger partial charge in [-0.15, -0.1) is 0 Å². The van der Waals surface area contributed by atoms with Crippen molar-refractivity contribution in [3.63, 3.8) is 0 Å². The molecule has 1 aromatic rings. The van der Waals surface area contributed by atoms with E-state index >= 15 is 0 Å². The van der Waals surface area contributed by atoms with E-state index in [1.807, 2.05) is 0 Å². The summed E-state index contributed by atoms with van der Waals surface area (Å²) in [4.78, 5) is 0. The number of aromatic hydroxyl groups is 2. The monoisotopic (exact) mass is 388 g/mol. The van der Waals surface area contributed by atoms with E-state index in [1.54, 1.807) is 0 Å². The second-order valence-electron chi connectivity index (χ2n) is 5.17. The fourth-order valence-corrected chi connectivity index (χ4v) is 1.88. The Balaban J connectivity index is 3.92. The molecule has 4 nitrogen and oxygen atoms in total. The number of benzene rings is 1. The van der Waals surface area contributed by atoms with Gasteiger partial charge in [0.2, 0.25) is 0 Å². The molecule has 1 unspecified atom stereocenters. The van der Waals surface area contributed by atoms with Crippen molar-refractivity contribution in [3.05, 3.63) is 23.3 Å². The van der Waals surface area contributed by atoms with Gasteiger partial charge in [-0.1, -0.05) is 0 Å². The van der Waals surface area contributed by atoms with Crippen LogP contribution in [0.15, 0.2) is 12.1 Å². The zero-order chi connectivity index (χ0) is 20.2.